The molecular formula is C30H27ClN2O9. The van der Waals surface area contributed by atoms with Crippen molar-refractivity contribution < 1.29 is 43.2 Å². The number of benzene rings is 2. The molecule has 5 rings (SSSR count). The summed E-state index contributed by atoms with van der Waals surface area (Å²) in [6.45, 7) is 1.62. The zero-order valence-corrected chi connectivity index (χ0v) is 23.9. The fourth-order valence-corrected chi connectivity index (χ4v) is 5.68. The summed E-state index contributed by atoms with van der Waals surface area (Å²) < 4.78 is 27.6. The second-order valence-electron chi connectivity index (χ2n) is 9.80. The first-order valence-electron chi connectivity index (χ1n) is 12.9. The second kappa shape index (κ2) is 11.3. The van der Waals surface area contributed by atoms with Crippen LogP contribution in [0, 0.1) is 5.92 Å². The van der Waals surface area contributed by atoms with Crippen LogP contribution in [-0.4, -0.2) is 59.5 Å². The van der Waals surface area contributed by atoms with Gasteiger partial charge in [-0.05, 0) is 23.8 Å². The molecule has 2 aliphatic rings. The fourth-order valence-electron chi connectivity index (χ4n) is 5.41. The molecule has 2 aromatic carbocycles. The van der Waals surface area contributed by atoms with Crippen LogP contribution in [0.25, 0.3) is 0 Å². The molecule has 2 heterocycles. The molecule has 3 atom stereocenters. The summed E-state index contributed by atoms with van der Waals surface area (Å²) in [7, 11) is 3.99. The first-order chi connectivity index (χ1) is 20.2. The van der Waals surface area contributed by atoms with Gasteiger partial charge < -0.3 is 28.8 Å². The summed E-state index contributed by atoms with van der Waals surface area (Å²) in [4.78, 5) is 48.5. The lowest BCUT2D eigenvalue weighted by molar-refractivity contribution is -0.140. The summed E-state index contributed by atoms with van der Waals surface area (Å²) in [6.07, 6.45) is 2.55. The highest BCUT2D eigenvalue weighted by molar-refractivity contribution is 6.35. The number of esters is 1. The second-order valence-corrected chi connectivity index (χ2v) is 10.2. The standard InChI is InChI=1S/C30H27ClN2O9/c1-15-11-19(34)23(27(36)30(15)28(37)24-20(38-2)14-21(39-3)25(31)26(24)42-30)18(13-22(35)40-4)16-7-5-8-17(12-16)41-29-32-9-6-10-33-29/h5-10,12,14-15,18,36H,11,13H2,1-4H3/t15-,18?,30+/m1/s1. The first kappa shape index (κ1) is 28.9. The van der Waals surface area contributed by atoms with Gasteiger partial charge in [0.1, 0.15) is 27.8 Å². The Labute approximate surface area is 246 Å². The normalized spacial score (nSPS) is 20.2. The van der Waals surface area contributed by atoms with E-state index in [-0.39, 0.29) is 52.3 Å². The molecule has 0 fully saturated rings. The molecule has 1 N–H and O–H groups in total. The molecule has 0 radical (unpaired) electrons. The molecule has 42 heavy (non-hydrogen) atoms. The highest BCUT2D eigenvalue weighted by Gasteiger charge is 2.61. The maximum Gasteiger partial charge on any atom is 0.321 e. The van der Waals surface area contributed by atoms with Crippen LogP contribution in [0.15, 0.2) is 60.1 Å². The topological polar surface area (TPSA) is 143 Å². The van der Waals surface area contributed by atoms with Gasteiger partial charge in [-0.15, -0.1) is 0 Å². The molecule has 1 unspecified atom stereocenters. The van der Waals surface area contributed by atoms with Crippen LogP contribution >= 0.6 is 11.6 Å². The van der Waals surface area contributed by atoms with E-state index in [9.17, 15) is 19.5 Å². The van der Waals surface area contributed by atoms with E-state index in [1.165, 1.54) is 39.8 Å². The van der Waals surface area contributed by atoms with Crippen molar-refractivity contribution in [3.63, 3.8) is 0 Å². The number of aliphatic hydroxyl groups is 1. The van der Waals surface area contributed by atoms with E-state index >= 15 is 0 Å². The number of ketones is 2. The minimum absolute atomic E-state index is 0.0102. The lowest BCUT2D eigenvalue weighted by Crippen LogP contribution is -2.53. The lowest BCUT2D eigenvalue weighted by atomic mass is 9.69. The largest absolute Gasteiger partial charge is 0.507 e. The van der Waals surface area contributed by atoms with Gasteiger partial charge in [0, 0.05) is 42.3 Å². The van der Waals surface area contributed by atoms with Crippen molar-refractivity contribution in [1.29, 1.82) is 0 Å². The lowest BCUT2D eigenvalue weighted by Gasteiger charge is -2.38. The molecule has 0 saturated heterocycles. The van der Waals surface area contributed by atoms with E-state index in [1.54, 1.807) is 37.3 Å². The van der Waals surface area contributed by atoms with Gasteiger partial charge in [-0.2, -0.15) is 0 Å². The average molecular weight is 595 g/mol. The summed E-state index contributed by atoms with van der Waals surface area (Å²) in [5.41, 5.74) is -1.71. The SMILES string of the molecule is COC(=O)CC(C1=C(O)[C@@]2(Oc3c(Cl)c(OC)cc(OC)c3C2=O)[C@H](C)CC1=O)c1cccc(Oc2ncccn2)c1. The molecule has 1 spiro atoms. The molecular weight excluding hydrogens is 568 g/mol. The van der Waals surface area contributed by atoms with E-state index < -0.39 is 40.7 Å². The maximum absolute atomic E-state index is 14.1. The van der Waals surface area contributed by atoms with Gasteiger partial charge in [0.15, 0.2) is 17.3 Å². The quantitative estimate of drug-likeness (QED) is 0.351. The minimum atomic E-state index is -2.00. The molecule has 0 amide bonds. The predicted molar refractivity (Wildman–Crippen MR) is 149 cm³/mol. The van der Waals surface area contributed by atoms with Crippen molar-refractivity contribution in [3.05, 3.63) is 76.3 Å². The Bertz CT molecular complexity index is 1610. The Hall–Kier alpha value is -4.64. The Morgan fingerprint density at radius 2 is 1.83 bits per heavy atom. The van der Waals surface area contributed by atoms with Crippen LogP contribution < -0.4 is 18.9 Å². The van der Waals surface area contributed by atoms with Gasteiger partial charge in [-0.3, -0.25) is 14.4 Å². The van der Waals surface area contributed by atoms with Crippen molar-refractivity contribution in [1.82, 2.24) is 9.97 Å². The van der Waals surface area contributed by atoms with Gasteiger partial charge in [0.2, 0.25) is 11.4 Å². The van der Waals surface area contributed by atoms with Crippen LogP contribution in [0.3, 0.4) is 0 Å². The van der Waals surface area contributed by atoms with Gasteiger partial charge in [-0.25, -0.2) is 9.97 Å². The average Bonchev–Trinajstić information content (AvgIpc) is 3.31. The van der Waals surface area contributed by atoms with E-state index in [1.807, 2.05) is 0 Å². The van der Waals surface area contributed by atoms with Crippen molar-refractivity contribution in [2.45, 2.75) is 31.3 Å². The first-order valence-corrected chi connectivity index (χ1v) is 13.3. The van der Waals surface area contributed by atoms with Gasteiger partial charge in [0.05, 0.1) is 27.8 Å². The molecule has 1 aliphatic carbocycles. The number of aromatic nitrogens is 2. The number of allylic oxidation sites excluding steroid dienone is 1. The molecule has 1 aliphatic heterocycles. The molecule has 0 bridgehead atoms. The minimum Gasteiger partial charge on any atom is -0.507 e. The number of aliphatic hydroxyl groups excluding tert-OH is 1. The smallest absolute Gasteiger partial charge is 0.321 e. The number of ether oxygens (including phenoxy) is 5. The van der Waals surface area contributed by atoms with E-state index in [2.05, 4.69) is 9.97 Å². The molecule has 0 saturated carbocycles. The number of rotatable bonds is 8. The zero-order chi connectivity index (χ0) is 30.2. The molecule has 1 aromatic heterocycles. The third-order valence-electron chi connectivity index (χ3n) is 7.47. The number of hydrogen-bond donors (Lipinski definition) is 1. The van der Waals surface area contributed by atoms with E-state index in [0.29, 0.717) is 11.3 Å². The summed E-state index contributed by atoms with van der Waals surface area (Å²) in [5, 5.41) is 11.9. The van der Waals surface area contributed by atoms with Gasteiger partial charge >= 0.3 is 12.0 Å². The number of carbonyl (C=O) groups excluding carboxylic acids is 3. The number of fused-ring (bicyclic) bond motifs is 1. The van der Waals surface area contributed by atoms with Crippen molar-refractivity contribution in [2.75, 3.05) is 21.3 Å². The number of carbonyl (C=O) groups is 3. The summed E-state index contributed by atoms with van der Waals surface area (Å²) in [6, 6.07) is 9.75. The molecule has 218 valence electrons. The number of Topliss-reactive ketones (excluding diaryl/α,β-unsaturated/α-hetero) is 2. The highest BCUT2D eigenvalue weighted by Crippen LogP contribution is 2.55. The van der Waals surface area contributed by atoms with Crippen LogP contribution in [0.1, 0.15) is 41.6 Å². The third-order valence-corrected chi connectivity index (χ3v) is 7.83. The van der Waals surface area contributed by atoms with E-state index in [0.717, 1.165) is 0 Å². The summed E-state index contributed by atoms with van der Waals surface area (Å²) in [5.74, 6) is -3.56. The number of nitrogens with zero attached hydrogens (tertiary/aromatic N) is 2. The van der Waals surface area contributed by atoms with Crippen LogP contribution in [0.4, 0.5) is 0 Å². The number of methoxy groups -OCH3 is 3. The van der Waals surface area contributed by atoms with Crippen molar-refractivity contribution in [2.24, 2.45) is 5.92 Å². The summed E-state index contributed by atoms with van der Waals surface area (Å²) >= 11 is 6.53. The molecule has 3 aromatic rings. The Morgan fingerprint density at radius 3 is 2.50 bits per heavy atom. The zero-order valence-electron chi connectivity index (χ0n) is 23.2. The van der Waals surface area contributed by atoms with Gasteiger partial charge in [0.25, 0.3) is 0 Å². The van der Waals surface area contributed by atoms with Crippen LogP contribution in [0.2, 0.25) is 5.02 Å². The molecule has 12 heteroatoms. The maximum atomic E-state index is 14.1. The third kappa shape index (κ3) is 4.69. The number of halogens is 1. The van der Waals surface area contributed by atoms with Crippen molar-refractivity contribution in [3.8, 4) is 29.0 Å². The fraction of sp³-hybridized carbons (Fsp3) is 0.300. The predicted octanol–water partition coefficient (Wildman–Crippen LogP) is 5.02. The van der Waals surface area contributed by atoms with Gasteiger partial charge in [-0.1, -0.05) is 30.7 Å². The monoisotopic (exact) mass is 594 g/mol. The Balaban J connectivity index is 1.66. The Morgan fingerprint density at radius 1 is 1.12 bits per heavy atom. The van der Waals surface area contributed by atoms with Crippen LogP contribution in [-0.2, 0) is 14.3 Å². The highest BCUT2D eigenvalue weighted by atomic mass is 35.5. The number of hydrogen-bond acceptors (Lipinski definition) is 11. The van der Waals surface area contributed by atoms with Crippen molar-refractivity contribution >= 4 is 29.1 Å². The Kier molecular flexibility index (Phi) is 7.79. The molecule has 11 nitrogen and oxygen atoms in total. The van der Waals surface area contributed by atoms with Crippen LogP contribution in [0.5, 0.6) is 29.0 Å². The van der Waals surface area contributed by atoms with E-state index in [4.69, 9.17) is 35.3 Å².